The third-order valence-electron chi connectivity index (χ3n) is 12.4. The molecule has 2 bridgehead atoms. The molecule has 64 heavy (non-hydrogen) atoms. The predicted molar refractivity (Wildman–Crippen MR) is 243 cm³/mol. The minimum atomic E-state index is -0.514. The van der Waals surface area contributed by atoms with Gasteiger partial charge in [-0.05, 0) is 122 Å². The van der Waals surface area contributed by atoms with Gasteiger partial charge in [0.25, 0.3) is 5.91 Å². The van der Waals surface area contributed by atoms with Gasteiger partial charge in [0.2, 0.25) is 0 Å². The van der Waals surface area contributed by atoms with Crippen molar-refractivity contribution in [2.45, 2.75) is 102 Å². The van der Waals surface area contributed by atoms with Crippen molar-refractivity contribution in [3.63, 3.8) is 0 Å². The molecule has 0 heterocycles. The second-order valence-electron chi connectivity index (χ2n) is 18.2. The van der Waals surface area contributed by atoms with E-state index in [1.54, 1.807) is 24.3 Å². The monoisotopic (exact) mass is 874 g/mol. The summed E-state index contributed by atoms with van der Waals surface area (Å²) in [6.07, 6.45) is 6.45. The SMILES string of the molecule is CC(C)(C)OC(=O)CCCOCCOCCNC(=O)COc1ccc(C(=O)Oc2ccc3c(c2)[C@@]2(C)CCCCC[C@@H](C3)[C@@H]2NC(=O)OCC2c3ccccc3-c3ccccc32)cc1. The van der Waals surface area contributed by atoms with E-state index < -0.39 is 23.1 Å². The molecule has 1 fully saturated rings. The highest BCUT2D eigenvalue weighted by Gasteiger charge is 2.47. The fourth-order valence-corrected chi connectivity index (χ4v) is 9.44. The molecule has 0 radical (unpaired) electrons. The van der Waals surface area contributed by atoms with Gasteiger partial charge in [-0.15, -0.1) is 0 Å². The first-order chi connectivity index (χ1) is 30.9. The smallest absolute Gasteiger partial charge is 0.407 e. The lowest BCUT2D eigenvalue weighted by Crippen LogP contribution is -2.57. The van der Waals surface area contributed by atoms with E-state index in [1.807, 2.05) is 57.2 Å². The number of hydrogen-bond donors (Lipinski definition) is 2. The van der Waals surface area contributed by atoms with Crippen molar-refractivity contribution < 1.29 is 47.6 Å². The molecule has 0 spiro atoms. The Labute approximate surface area is 376 Å². The van der Waals surface area contributed by atoms with Crippen LogP contribution >= 0.6 is 0 Å². The lowest BCUT2D eigenvalue weighted by molar-refractivity contribution is -0.155. The highest BCUT2D eigenvalue weighted by Crippen LogP contribution is 2.48. The third kappa shape index (κ3) is 11.9. The van der Waals surface area contributed by atoms with Crippen LogP contribution in [-0.4, -0.2) is 81.8 Å². The summed E-state index contributed by atoms with van der Waals surface area (Å²) in [5, 5.41) is 6.10. The van der Waals surface area contributed by atoms with Crippen LogP contribution in [0.4, 0.5) is 4.79 Å². The van der Waals surface area contributed by atoms with Crippen LogP contribution in [0.5, 0.6) is 11.5 Å². The van der Waals surface area contributed by atoms with Gasteiger partial charge in [0, 0.05) is 36.9 Å². The summed E-state index contributed by atoms with van der Waals surface area (Å²) >= 11 is 0. The van der Waals surface area contributed by atoms with E-state index in [4.69, 9.17) is 28.4 Å². The van der Waals surface area contributed by atoms with E-state index in [2.05, 4.69) is 47.9 Å². The molecule has 7 rings (SSSR count). The molecule has 3 atom stereocenters. The zero-order valence-electron chi connectivity index (χ0n) is 37.6. The zero-order valence-corrected chi connectivity index (χ0v) is 37.6. The van der Waals surface area contributed by atoms with E-state index in [1.165, 1.54) is 27.8 Å². The number of amides is 2. The van der Waals surface area contributed by atoms with Gasteiger partial charge in [-0.3, -0.25) is 9.59 Å². The highest BCUT2D eigenvalue weighted by molar-refractivity contribution is 5.91. The van der Waals surface area contributed by atoms with Gasteiger partial charge in [0.15, 0.2) is 6.61 Å². The summed E-state index contributed by atoms with van der Waals surface area (Å²) in [4.78, 5) is 51.2. The Bertz CT molecular complexity index is 2210. The van der Waals surface area contributed by atoms with Gasteiger partial charge in [0.05, 0.1) is 25.4 Å². The second kappa shape index (κ2) is 21.3. The molecule has 1 saturated carbocycles. The fourth-order valence-electron chi connectivity index (χ4n) is 9.44. The number of nitrogens with one attached hydrogen (secondary N) is 2. The van der Waals surface area contributed by atoms with Crippen molar-refractivity contribution in [2.24, 2.45) is 5.92 Å². The van der Waals surface area contributed by atoms with Gasteiger partial charge in [-0.25, -0.2) is 9.59 Å². The number of carbonyl (C=O) groups excluding carboxylic acids is 4. The molecule has 2 amide bonds. The molecule has 3 aliphatic rings. The lowest BCUT2D eigenvalue weighted by Gasteiger charge is -2.49. The first kappa shape index (κ1) is 46.3. The standard InChI is InChI=1S/C52H62N2O10/c1-51(2,3)64-47(56)18-12-27-59-29-30-60-28-26-53-46(55)34-61-38-22-19-35(20-23-38)49(57)63-39-24-21-36-31-37-13-6-5-11-25-52(4,45(36)32-39)48(37)54-50(58)62-33-44-42-16-9-7-14-40(42)41-15-8-10-17-43(41)44/h7-10,14-17,19-24,32,37,44,48H,5-6,11-13,18,25-31,33-34H2,1-4H3,(H,53,55)(H,54,58)/t37-,48-,52+/m0/s1. The van der Waals surface area contributed by atoms with Crippen LogP contribution < -0.4 is 20.1 Å². The molecule has 0 aromatic heterocycles. The van der Waals surface area contributed by atoms with Crippen molar-refractivity contribution in [3.05, 3.63) is 119 Å². The first-order valence-electron chi connectivity index (χ1n) is 22.7. The summed E-state index contributed by atoms with van der Waals surface area (Å²) in [5.74, 6) is 0.0352. The van der Waals surface area contributed by atoms with Crippen molar-refractivity contribution in [3.8, 4) is 22.6 Å². The molecule has 12 nitrogen and oxygen atoms in total. The summed E-state index contributed by atoms with van der Waals surface area (Å²) in [6.45, 7) is 9.60. The summed E-state index contributed by atoms with van der Waals surface area (Å²) < 4.78 is 33.9. The maximum absolute atomic E-state index is 13.7. The average Bonchev–Trinajstić information content (AvgIpc) is 3.59. The minimum Gasteiger partial charge on any atom is -0.484 e. The van der Waals surface area contributed by atoms with Crippen LogP contribution in [-0.2, 0) is 40.4 Å². The number of ether oxygens (including phenoxy) is 6. The van der Waals surface area contributed by atoms with Crippen molar-refractivity contribution >= 4 is 23.9 Å². The molecule has 0 aliphatic heterocycles. The minimum absolute atomic E-state index is 0.0228. The van der Waals surface area contributed by atoms with Crippen LogP contribution in [0.2, 0.25) is 0 Å². The Morgan fingerprint density at radius 2 is 1.47 bits per heavy atom. The molecule has 12 heteroatoms. The maximum atomic E-state index is 13.7. The van der Waals surface area contributed by atoms with Crippen LogP contribution in [0.25, 0.3) is 11.1 Å². The number of esters is 2. The van der Waals surface area contributed by atoms with Crippen LogP contribution in [0.3, 0.4) is 0 Å². The first-order valence-corrected chi connectivity index (χ1v) is 22.7. The van der Waals surface area contributed by atoms with Crippen molar-refractivity contribution in [1.82, 2.24) is 10.6 Å². The number of benzene rings is 4. The van der Waals surface area contributed by atoms with Crippen molar-refractivity contribution in [2.75, 3.05) is 46.2 Å². The molecular formula is C52H62N2O10. The quantitative estimate of drug-likeness (QED) is 0.0565. The number of rotatable bonds is 18. The predicted octanol–water partition coefficient (Wildman–Crippen LogP) is 8.86. The van der Waals surface area contributed by atoms with Gasteiger partial charge < -0.3 is 39.1 Å². The fraction of sp³-hybridized carbons (Fsp3) is 0.462. The van der Waals surface area contributed by atoms with Gasteiger partial charge in [-0.1, -0.05) is 80.8 Å². The Kier molecular flexibility index (Phi) is 15.4. The Morgan fingerprint density at radius 1 is 0.781 bits per heavy atom. The largest absolute Gasteiger partial charge is 0.484 e. The Balaban J connectivity index is 0.863. The van der Waals surface area contributed by atoms with Crippen molar-refractivity contribution in [1.29, 1.82) is 0 Å². The van der Waals surface area contributed by atoms with Crippen LogP contribution in [0.15, 0.2) is 91.0 Å². The molecule has 0 unspecified atom stereocenters. The summed E-state index contributed by atoms with van der Waals surface area (Å²) in [6, 6.07) is 28.9. The number of alkyl carbamates (subject to hydrolysis) is 1. The summed E-state index contributed by atoms with van der Waals surface area (Å²) in [5.41, 5.74) is 6.49. The molecule has 3 aliphatic carbocycles. The van der Waals surface area contributed by atoms with E-state index in [0.717, 1.165) is 44.1 Å². The average molecular weight is 875 g/mol. The molecular weight excluding hydrogens is 813 g/mol. The maximum Gasteiger partial charge on any atom is 0.407 e. The molecule has 340 valence electrons. The molecule has 0 saturated heterocycles. The van der Waals surface area contributed by atoms with Crippen LogP contribution in [0, 0.1) is 5.92 Å². The normalized spacial score (nSPS) is 18.9. The van der Waals surface area contributed by atoms with Gasteiger partial charge in [-0.2, -0.15) is 0 Å². The molecule has 4 aromatic rings. The van der Waals surface area contributed by atoms with E-state index in [0.29, 0.717) is 62.9 Å². The topological polar surface area (TPSA) is 148 Å². The van der Waals surface area contributed by atoms with E-state index >= 15 is 0 Å². The number of carbonyl (C=O) groups is 4. The van der Waals surface area contributed by atoms with E-state index in [9.17, 15) is 19.2 Å². The molecule has 4 aromatic carbocycles. The molecule has 2 N–H and O–H groups in total. The number of hydrogen-bond acceptors (Lipinski definition) is 10. The highest BCUT2D eigenvalue weighted by atomic mass is 16.6. The zero-order chi connectivity index (χ0) is 45.1. The van der Waals surface area contributed by atoms with Gasteiger partial charge >= 0.3 is 18.0 Å². The lowest BCUT2D eigenvalue weighted by atomic mass is 9.59. The Hall–Kier alpha value is -5.72. The van der Waals surface area contributed by atoms with E-state index in [-0.39, 0.29) is 43.0 Å². The van der Waals surface area contributed by atoms with Gasteiger partial charge in [0.1, 0.15) is 23.7 Å². The third-order valence-corrected chi connectivity index (χ3v) is 12.4. The number of fused-ring (bicyclic) bond motifs is 7. The van der Waals surface area contributed by atoms with Crippen LogP contribution in [0.1, 0.15) is 111 Å². The summed E-state index contributed by atoms with van der Waals surface area (Å²) in [7, 11) is 0. The second-order valence-corrected chi connectivity index (χ2v) is 18.2. The Morgan fingerprint density at radius 3 is 2.19 bits per heavy atom.